The van der Waals surface area contributed by atoms with Crippen LogP contribution >= 0.6 is 0 Å². The molecule has 0 saturated heterocycles. The average molecular weight is 1000 g/mol. The Hall–Kier alpha value is -1.59. The normalized spacial score (nSPS) is 12.0. The van der Waals surface area contributed by atoms with Crippen LogP contribution in [-0.4, -0.2) is 37.2 Å². The van der Waals surface area contributed by atoms with E-state index in [1.54, 1.807) is 0 Å². The number of unbranched alkanes of at least 4 members (excludes halogenated alkanes) is 44. The summed E-state index contributed by atoms with van der Waals surface area (Å²) in [6, 6.07) is 0. The summed E-state index contributed by atoms with van der Waals surface area (Å²) in [6.07, 6.45) is 63.9. The minimum Gasteiger partial charge on any atom is -0.462 e. The van der Waals surface area contributed by atoms with Gasteiger partial charge in [0.1, 0.15) is 13.2 Å². The Morgan fingerprint density at radius 3 is 0.690 bits per heavy atom. The molecule has 6 nitrogen and oxygen atoms in total. The van der Waals surface area contributed by atoms with Crippen molar-refractivity contribution >= 4 is 17.9 Å². The number of carbonyl (C=O) groups excluding carboxylic acids is 3. The van der Waals surface area contributed by atoms with Gasteiger partial charge >= 0.3 is 17.9 Å². The van der Waals surface area contributed by atoms with E-state index in [0.29, 0.717) is 19.3 Å². The number of esters is 3. The molecular weight excluding hydrogens is 877 g/mol. The maximum Gasteiger partial charge on any atom is 0.306 e. The second-order valence-electron chi connectivity index (χ2n) is 23.4. The van der Waals surface area contributed by atoms with E-state index in [1.165, 1.54) is 257 Å². The Bertz CT molecular complexity index is 1090. The molecule has 0 spiro atoms. The second kappa shape index (κ2) is 57.7. The Morgan fingerprint density at radius 2 is 0.465 bits per heavy atom. The zero-order valence-corrected chi connectivity index (χ0v) is 48.9. The van der Waals surface area contributed by atoms with E-state index in [4.69, 9.17) is 14.2 Å². The summed E-state index contributed by atoms with van der Waals surface area (Å²) in [4.78, 5) is 38.3. The van der Waals surface area contributed by atoms with E-state index in [0.717, 1.165) is 69.6 Å². The molecule has 0 bridgehead atoms. The topological polar surface area (TPSA) is 78.9 Å². The fourth-order valence-electron chi connectivity index (χ4n) is 10.1. The number of carbonyl (C=O) groups is 3. The van der Waals surface area contributed by atoms with Crippen molar-refractivity contribution in [1.29, 1.82) is 0 Å². The number of hydrogen-bond acceptors (Lipinski definition) is 6. The quantitative estimate of drug-likeness (QED) is 0.0343. The molecule has 1 atom stereocenters. The molecule has 0 aliphatic carbocycles. The third kappa shape index (κ3) is 59.2. The Kier molecular flexibility index (Phi) is 56.4. The van der Waals surface area contributed by atoms with Gasteiger partial charge in [0.05, 0.1) is 0 Å². The largest absolute Gasteiger partial charge is 0.462 e. The fourth-order valence-corrected chi connectivity index (χ4v) is 10.1. The Labute approximate surface area is 444 Å². The van der Waals surface area contributed by atoms with E-state index < -0.39 is 6.10 Å². The van der Waals surface area contributed by atoms with Crippen LogP contribution in [0.1, 0.15) is 369 Å². The predicted molar refractivity (Wildman–Crippen MR) is 307 cm³/mol. The number of hydrogen-bond donors (Lipinski definition) is 0. The first kappa shape index (κ1) is 69.4. The third-order valence-corrected chi connectivity index (χ3v) is 15.0. The fraction of sp³-hybridized carbons (Fsp3) is 0.954. The highest BCUT2D eigenvalue weighted by molar-refractivity contribution is 5.71. The molecule has 0 aromatic rings. The van der Waals surface area contributed by atoms with Gasteiger partial charge in [0.2, 0.25) is 0 Å². The van der Waals surface area contributed by atoms with Gasteiger partial charge in [0.15, 0.2) is 6.10 Å². The highest BCUT2D eigenvalue weighted by Crippen LogP contribution is 2.19. The molecule has 0 aromatic heterocycles. The lowest BCUT2D eigenvalue weighted by atomic mass is 10.0. The van der Waals surface area contributed by atoms with Gasteiger partial charge < -0.3 is 14.2 Å². The first-order chi connectivity index (χ1) is 34.7. The SMILES string of the molecule is CCCCCCCCCCCCCCCCCCCCCC(=O)OC[C@H](COC(=O)CCCCCCCCCCCCCCCCCC(C)C)OC(=O)CCCCCCCCCCCCCCCC(C)C. The van der Waals surface area contributed by atoms with E-state index in [9.17, 15) is 14.4 Å². The first-order valence-corrected chi connectivity index (χ1v) is 32.2. The average Bonchev–Trinajstić information content (AvgIpc) is 3.35. The lowest BCUT2D eigenvalue weighted by Gasteiger charge is -2.18. The second-order valence-corrected chi connectivity index (χ2v) is 23.4. The van der Waals surface area contributed by atoms with Crippen LogP contribution in [0, 0.1) is 11.8 Å². The van der Waals surface area contributed by atoms with Crippen molar-refractivity contribution in [1.82, 2.24) is 0 Å². The molecule has 0 amide bonds. The smallest absolute Gasteiger partial charge is 0.306 e. The third-order valence-electron chi connectivity index (χ3n) is 15.0. The summed E-state index contributed by atoms with van der Waals surface area (Å²) in [7, 11) is 0. The molecule has 0 heterocycles. The summed E-state index contributed by atoms with van der Waals surface area (Å²) in [5, 5.41) is 0. The van der Waals surface area contributed by atoms with Crippen LogP contribution in [0.15, 0.2) is 0 Å². The molecule has 0 unspecified atom stereocenters. The standard InChI is InChI=1S/C65H126O6/c1-6-7-8-9-10-11-12-13-14-15-16-17-20-25-30-35-40-45-50-55-63(66)69-58-62(71-65(68)57-52-47-42-37-32-27-22-24-29-34-39-44-49-54-61(4)5)59-70-64(67)56-51-46-41-36-31-26-21-18-19-23-28-33-38-43-48-53-60(2)3/h60-62H,6-59H2,1-5H3/t62-/m1/s1. The van der Waals surface area contributed by atoms with Crippen LogP contribution in [0.2, 0.25) is 0 Å². The molecular formula is C65H126O6. The Balaban J connectivity index is 4.28. The van der Waals surface area contributed by atoms with Crippen molar-refractivity contribution in [2.45, 2.75) is 375 Å². The summed E-state index contributed by atoms with van der Waals surface area (Å²) in [5.74, 6) is 0.856. The highest BCUT2D eigenvalue weighted by atomic mass is 16.6. The van der Waals surface area contributed by atoms with E-state index in [1.807, 2.05) is 0 Å². The lowest BCUT2D eigenvalue weighted by molar-refractivity contribution is -0.167. The Morgan fingerprint density at radius 1 is 0.268 bits per heavy atom. The molecule has 0 aromatic carbocycles. The predicted octanol–water partition coefficient (Wildman–Crippen LogP) is 21.6. The number of ether oxygens (including phenoxy) is 3. The van der Waals surface area contributed by atoms with Gasteiger partial charge in [-0.15, -0.1) is 0 Å². The van der Waals surface area contributed by atoms with Gasteiger partial charge in [0.25, 0.3) is 0 Å². The molecule has 0 aliphatic rings. The van der Waals surface area contributed by atoms with Crippen molar-refractivity contribution < 1.29 is 28.6 Å². The molecule has 71 heavy (non-hydrogen) atoms. The van der Waals surface area contributed by atoms with Crippen LogP contribution in [0.5, 0.6) is 0 Å². The lowest BCUT2D eigenvalue weighted by Crippen LogP contribution is -2.30. The maximum atomic E-state index is 12.9. The van der Waals surface area contributed by atoms with Gasteiger partial charge in [0, 0.05) is 19.3 Å². The first-order valence-electron chi connectivity index (χ1n) is 32.2. The van der Waals surface area contributed by atoms with E-state index >= 15 is 0 Å². The minimum absolute atomic E-state index is 0.0618. The van der Waals surface area contributed by atoms with Gasteiger partial charge in [-0.3, -0.25) is 14.4 Å². The van der Waals surface area contributed by atoms with Gasteiger partial charge in [-0.2, -0.15) is 0 Å². The van der Waals surface area contributed by atoms with Crippen LogP contribution in [0.4, 0.5) is 0 Å². The zero-order chi connectivity index (χ0) is 51.8. The van der Waals surface area contributed by atoms with Crippen molar-refractivity contribution in [2.75, 3.05) is 13.2 Å². The van der Waals surface area contributed by atoms with Gasteiger partial charge in [-0.25, -0.2) is 0 Å². The maximum absolute atomic E-state index is 12.9. The summed E-state index contributed by atoms with van der Waals surface area (Å²) >= 11 is 0. The van der Waals surface area contributed by atoms with Crippen LogP contribution in [-0.2, 0) is 28.6 Å². The van der Waals surface area contributed by atoms with Crippen molar-refractivity contribution in [3.05, 3.63) is 0 Å². The molecule has 0 radical (unpaired) electrons. The van der Waals surface area contributed by atoms with E-state index in [-0.39, 0.29) is 31.1 Å². The van der Waals surface area contributed by atoms with E-state index in [2.05, 4.69) is 34.6 Å². The monoisotopic (exact) mass is 1000 g/mol. The molecule has 0 N–H and O–H groups in total. The van der Waals surface area contributed by atoms with Crippen molar-refractivity contribution in [3.63, 3.8) is 0 Å². The summed E-state index contributed by atoms with van der Waals surface area (Å²) in [6.45, 7) is 11.5. The van der Waals surface area contributed by atoms with Crippen LogP contribution in [0.3, 0.4) is 0 Å². The van der Waals surface area contributed by atoms with Gasteiger partial charge in [-0.05, 0) is 31.1 Å². The molecule has 6 heteroatoms. The van der Waals surface area contributed by atoms with Crippen molar-refractivity contribution in [2.24, 2.45) is 11.8 Å². The molecule has 0 saturated carbocycles. The molecule has 0 aliphatic heterocycles. The van der Waals surface area contributed by atoms with Crippen LogP contribution in [0.25, 0.3) is 0 Å². The van der Waals surface area contributed by atoms with Crippen molar-refractivity contribution in [3.8, 4) is 0 Å². The minimum atomic E-state index is -0.764. The molecule has 422 valence electrons. The molecule has 0 fully saturated rings. The molecule has 0 rings (SSSR count). The highest BCUT2D eigenvalue weighted by Gasteiger charge is 2.19. The van der Waals surface area contributed by atoms with Gasteiger partial charge in [-0.1, -0.05) is 330 Å². The zero-order valence-electron chi connectivity index (χ0n) is 48.9. The number of rotatable bonds is 59. The summed E-state index contributed by atoms with van der Waals surface area (Å²) in [5.41, 5.74) is 0. The van der Waals surface area contributed by atoms with Crippen LogP contribution < -0.4 is 0 Å². The summed E-state index contributed by atoms with van der Waals surface area (Å²) < 4.78 is 17.0.